The Morgan fingerprint density at radius 1 is 1.37 bits per heavy atom. The number of benzene rings is 1. The van der Waals surface area contributed by atoms with Crippen LogP contribution in [-0.4, -0.2) is 46.5 Å². The molecule has 1 N–H and O–H groups in total. The maximum Gasteiger partial charge on any atom is 0.122 e. The lowest BCUT2D eigenvalue weighted by molar-refractivity contribution is 0.0340. The summed E-state index contributed by atoms with van der Waals surface area (Å²) in [7, 11) is 3.83. The number of nitrogens with one attached hydrogen (secondary N) is 1. The van der Waals surface area contributed by atoms with Crippen LogP contribution in [0.5, 0.6) is 5.75 Å². The molecule has 0 bridgehead atoms. The van der Waals surface area contributed by atoms with Gasteiger partial charge in [0.15, 0.2) is 0 Å². The molecule has 1 heterocycles. The highest BCUT2D eigenvalue weighted by molar-refractivity contribution is 5.59. The second-order valence-electron chi connectivity index (χ2n) is 5.11. The van der Waals surface area contributed by atoms with Crippen LogP contribution < -0.4 is 15.0 Å². The van der Waals surface area contributed by atoms with Crippen molar-refractivity contribution in [1.82, 2.24) is 5.32 Å². The molecule has 0 spiro atoms. The molecule has 4 heteroatoms. The van der Waals surface area contributed by atoms with Crippen molar-refractivity contribution in [2.75, 3.05) is 45.3 Å². The average Bonchev–Trinajstić information content (AvgIpc) is 2.42. The van der Waals surface area contributed by atoms with E-state index in [-0.39, 0.29) is 6.10 Å². The Morgan fingerprint density at radius 3 is 2.79 bits per heavy atom. The summed E-state index contributed by atoms with van der Waals surface area (Å²) in [4.78, 5) is 2.26. The molecule has 0 aliphatic carbocycles. The molecule has 1 aliphatic rings. The molecule has 19 heavy (non-hydrogen) atoms. The molecule has 0 radical (unpaired) electrons. The second-order valence-corrected chi connectivity index (χ2v) is 5.11. The molecule has 106 valence electrons. The van der Waals surface area contributed by atoms with Crippen LogP contribution >= 0.6 is 0 Å². The number of likely N-dealkylation sites (N-methyl/N-ethyl adjacent to an activating group) is 1. The molecular formula is C15H24N2O2. The molecule has 0 saturated carbocycles. The van der Waals surface area contributed by atoms with Crippen LogP contribution in [0.2, 0.25) is 0 Å². The van der Waals surface area contributed by atoms with Crippen molar-refractivity contribution < 1.29 is 9.47 Å². The maximum atomic E-state index is 5.76. The SMILES string of the molecule is COc1ccc(N(C)CC2CNCCO2)c(C)c1C. The first-order valence-corrected chi connectivity index (χ1v) is 6.81. The predicted octanol–water partition coefficient (Wildman–Crippen LogP) is 1.74. The number of anilines is 1. The summed E-state index contributed by atoms with van der Waals surface area (Å²) >= 11 is 0. The number of hydrogen-bond donors (Lipinski definition) is 1. The van der Waals surface area contributed by atoms with Gasteiger partial charge in [-0.3, -0.25) is 0 Å². The Hall–Kier alpha value is -1.26. The number of methoxy groups -OCH3 is 1. The lowest BCUT2D eigenvalue weighted by Crippen LogP contribution is -2.44. The monoisotopic (exact) mass is 264 g/mol. The van der Waals surface area contributed by atoms with E-state index in [1.807, 2.05) is 6.07 Å². The van der Waals surface area contributed by atoms with Crippen molar-refractivity contribution in [3.8, 4) is 5.75 Å². The van der Waals surface area contributed by atoms with Gasteiger partial charge in [-0.25, -0.2) is 0 Å². The molecule has 1 unspecified atom stereocenters. The van der Waals surface area contributed by atoms with Crippen LogP contribution in [0.1, 0.15) is 11.1 Å². The van der Waals surface area contributed by atoms with Gasteiger partial charge in [0.2, 0.25) is 0 Å². The molecule has 0 amide bonds. The minimum atomic E-state index is 0.264. The van der Waals surface area contributed by atoms with Crippen LogP contribution in [-0.2, 0) is 4.74 Å². The topological polar surface area (TPSA) is 33.7 Å². The van der Waals surface area contributed by atoms with E-state index in [0.29, 0.717) is 0 Å². The summed E-state index contributed by atoms with van der Waals surface area (Å²) in [5.74, 6) is 0.949. The van der Waals surface area contributed by atoms with Gasteiger partial charge in [-0.05, 0) is 37.1 Å². The van der Waals surface area contributed by atoms with Gasteiger partial charge in [-0.2, -0.15) is 0 Å². The van der Waals surface area contributed by atoms with Crippen LogP contribution in [0.3, 0.4) is 0 Å². The molecule has 1 aromatic carbocycles. The zero-order valence-electron chi connectivity index (χ0n) is 12.3. The fraction of sp³-hybridized carbons (Fsp3) is 0.600. The maximum absolute atomic E-state index is 5.76. The highest BCUT2D eigenvalue weighted by Crippen LogP contribution is 2.29. The van der Waals surface area contributed by atoms with Crippen molar-refractivity contribution >= 4 is 5.69 Å². The smallest absolute Gasteiger partial charge is 0.122 e. The van der Waals surface area contributed by atoms with Crippen molar-refractivity contribution in [3.63, 3.8) is 0 Å². The molecule has 1 aromatic rings. The van der Waals surface area contributed by atoms with E-state index in [2.05, 4.69) is 37.2 Å². The normalized spacial score (nSPS) is 19.3. The van der Waals surface area contributed by atoms with Crippen molar-refractivity contribution in [2.45, 2.75) is 20.0 Å². The third-order valence-corrected chi connectivity index (χ3v) is 3.82. The Kier molecular flexibility index (Phi) is 4.66. The average molecular weight is 264 g/mol. The highest BCUT2D eigenvalue weighted by Gasteiger charge is 2.17. The summed E-state index contributed by atoms with van der Waals surface area (Å²) in [6, 6.07) is 4.16. The fourth-order valence-electron chi connectivity index (χ4n) is 2.56. The van der Waals surface area contributed by atoms with E-state index in [4.69, 9.17) is 9.47 Å². The summed E-state index contributed by atoms with van der Waals surface area (Å²) in [5, 5.41) is 3.36. The Bertz CT molecular complexity index is 428. The molecule has 1 saturated heterocycles. The van der Waals surface area contributed by atoms with Gasteiger partial charge >= 0.3 is 0 Å². The fourth-order valence-corrected chi connectivity index (χ4v) is 2.56. The summed E-state index contributed by atoms with van der Waals surface area (Å²) < 4.78 is 11.1. The van der Waals surface area contributed by atoms with Crippen molar-refractivity contribution in [1.29, 1.82) is 0 Å². The van der Waals surface area contributed by atoms with Gasteiger partial charge in [0.25, 0.3) is 0 Å². The molecule has 1 fully saturated rings. The van der Waals surface area contributed by atoms with Crippen LogP contribution in [0.15, 0.2) is 12.1 Å². The third-order valence-electron chi connectivity index (χ3n) is 3.82. The van der Waals surface area contributed by atoms with Crippen LogP contribution in [0, 0.1) is 13.8 Å². The van der Waals surface area contributed by atoms with Crippen LogP contribution in [0.25, 0.3) is 0 Å². The highest BCUT2D eigenvalue weighted by atomic mass is 16.5. The first kappa shape index (κ1) is 14.2. The zero-order chi connectivity index (χ0) is 13.8. The molecular weight excluding hydrogens is 240 g/mol. The van der Waals surface area contributed by atoms with E-state index in [1.165, 1.54) is 16.8 Å². The van der Waals surface area contributed by atoms with Gasteiger partial charge in [0.1, 0.15) is 5.75 Å². The standard InChI is InChI=1S/C15H24N2O2/c1-11-12(2)15(18-4)6-5-14(11)17(3)10-13-9-16-7-8-19-13/h5-6,13,16H,7-10H2,1-4H3. The summed E-state index contributed by atoms with van der Waals surface area (Å²) in [5.41, 5.74) is 3.72. The number of morpholine rings is 1. The van der Waals surface area contributed by atoms with E-state index in [1.54, 1.807) is 7.11 Å². The lowest BCUT2D eigenvalue weighted by atomic mass is 10.1. The van der Waals surface area contributed by atoms with Gasteiger partial charge in [0.05, 0.1) is 19.8 Å². The van der Waals surface area contributed by atoms with Gasteiger partial charge in [0, 0.05) is 32.4 Å². The van der Waals surface area contributed by atoms with Crippen molar-refractivity contribution in [2.24, 2.45) is 0 Å². The number of rotatable bonds is 4. The summed E-state index contributed by atoms with van der Waals surface area (Å²) in [6.45, 7) is 7.84. The Morgan fingerprint density at radius 2 is 2.16 bits per heavy atom. The molecule has 1 atom stereocenters. The first-order valence-electron chi connectivity index (χ1n) is 6.81. The predicted molar refractivity (Wildman–Crippen MR) is 78.3 cm³/mol. The minimum Gasteiger partial charge on any atom is -0.496 e. The quantitative estimate of drug-likeness (QED) is 0.898. The van der Waals surface area contributed by atoms with E-state index in [0.717, 1.165) is 32.0 Å². The van der Waals surface area contributed by atoms with E-state index >= 15 is 0 Å². The molecule has 4 nitrogen and oxygen atoms in total. The molecule has 2 rings (SSSR count). The third kappa shape index (κ3) is 3.19. The zero-order valence-corrected chi connectivity index (χ0v) is 12.3. The van der Waals surface area contributed by atoms with Gasteiger partial charge < -0.3 is 19.7 Å². The largest absolute Gasteiger partial charge is 0.496 e. The number of ether oxygens (including phenoxy) is 2. The molecule has 1 aliphatic heterocycles. The van der Waals surface area contributed by atoms with E-state index < -0.39 is 0 Å². The minimum absolute atomic E-state index is 0.264. The Labute approximate surface area is 115 Å². The Balaban J connectivity index is 2.10. The van der Waals surface area contributed by atoms with Crippen LogP contribution in [0.4, 0.5) is 5.69 Å². The van der Waals surface area contributed by atoms with Gasteiger partial charge in [-0.15, -0.1) is 0 Å². The molecule has 0 aromatic heterocycles. The number of nitrogens with zero attached hydrogens (tertiary/aromatic N) is 1. The van der Waals surface area contributed by atoms with E-state index in [9.17, 15) is 0 Å². The van der Waals surface area contributed by atoms with Gasteiger partial charge in [-0.1, -0.05) is 0 Å². The summed E-state index contributed by atoms with van der Waals surface area (Å²) in [6.07, 6.45) is 0.264. The second kappa shape index (κ2) is 6.26. The lowest BCUT2D eigenvalue weighted by Gasteiger charge is -2.30. The number of hydrogen-bond acceptors (Lipinski definition) is 4. The van der Waals surface area contributed by atoms with Crippen molar-refractivity contribution in [3.05, 3.63) is 23.3 Å². The first-order chi connectivity index (χ1) is 9.13.